The lowest BCUT2D eigenvalue weighted by Crippen LogP contribution is -2.13. The number of hydrogen-bond acceptors (Lipinski definition) is 2. The highest BCUT2D eigenvalue weighted by Gasteiger charge is 2.06. The van der Waals surface area contributed by atoms with Crippen LogP contribution in [0.2, 0.25) is 0 Å². The number of terminal acetylenes is 1. The molecule has 0 aromatic heterocycles. The molecule has 0 saturated carbocycles. The van der Waals surface area contributed by atoms with Crippen LogP contribution in [0.15, 0.2) is 25.3 Å². The molecule has 0 spiro atoms. The van der Waals surface area contributed by atoms with Crippen molar-refractivity contribution in [1.82, 2.24) is 0 Å². The van der Waals surface area contributed by atoms with Crippen LogP contribution in [0.4, 0.5) is 0 Å². The third-order valence-electron chi connectivity index (χ3n) is 1.51. The number of unbranched alkanes of at least 4 members (excludes halogenated alkanes) is 1. The summed E-state index contributed by atoms with van der Waals surface area (Å²) in [7, 11) is 0. The molecule has 0 aliphatic rings. The zero-order valence-corrected chi connectivity index (χ0v) is 7.66. The molecule has 0 rings (SSSR count). The van der Waals surface area contributed by atoms with Gasteiger partial charge in [0.1, 0.15) is 6.10 Å². The Morgan fingerprint density at radius 3 is 2.77 bits per heavy atom. The monoisotopic (exact) mass is 178 g/mol. The number of rotatable bonds is 6. The highest BCUT2D eigenvalue weighted by atomic mass is 16.5. The Balaban J connectivity index is 3.76. The van der Waals surface area contributed by atoms with Crippen molar-refractivity contribution < 1.29 is 9.53 Å². The average Bonchev–Trinajstić information content (AvgIpc) is 2.16. The van der Waals surface area contributed by atoms with E-state index in [-0.39, 0.29) is 6.10 Å². The zero-order valence-electron chi connectivity index (χ0n) is 7.66. The van der Waals surface area contributed by atoms with Crippen molar-refractivity contribution in [1.29, 1.82) is 0 Å². The fourth-order valence-corrected chi connectivity index (χ4v) is 0.828. The lowest BCUT2D eigenvalue weighted by atomic mass is 10.1. The Morgan fingerprint density at radius 2 is 2.31 bits per heavy atom. The van der Waals surface area contributed by atoms with Gasteiger partial charge in [0, 0.05) is 12.5 Å². The first-order valence-electron chi connectivity index (χ1n) is 4.13. The van der Waals surface area contributed by atoms with Crippen molar-refractivity contribution in [2.24, 2.45) is 0 Å². The molecule has 0 unspecified atom stereocenters. The molecule has 70 valence electrons. The first-order valence-corrected chi connectivity index (χ1v) is 4.13. The van der Waals surface area contributed by atoms with Crippen LogP contribution < -0.4 is 0 Å². The summed E-state index contributed by atoms with van der Waals surface area (Å²) >= 11 is 0. The largest absolute Gasteiger partial charge is 0.455 e. The molecule has 0 aromatic rings. The normalized spacial score (nSPS) is 11.0. The number of hydrogen-bond donors (Lipinski definition) is 0. The third kappa shape index (κ3) is 5.75. The van der Waals surface area contributed by atoms with Crippen LogP contribution in [0.1, 0.15) is 19.3 Å². The van der Waals surface area contributed by atoms with Crippen LogP contribution in [0.5, 0.6) is 0 Å². The van der Waals surface area contributed by atoms with Crippen LogP contribution >= 0.6 is 0 Å². The molecule has 2 nitrogen and oxygen atoms in total. The summed E-state index contributed by atoms with van der Waals surface area (Å²) < 4.78 is 4.95. The van der Waals surface area contributed by atoms with Gasteiger partial charge in [-0.1, -0.05) is 19.2 Å². The second-order valence-electron chi connectivity index (χ2n) is 2.51. The van der Waals surface area contributed by atoms with Gasteiger partial charge in [-0.3, -0.25) is 0 Å². The van der Waals surface area contributed by atoms with Gasteiger partial charge < -0.3 is 4.74 Å². The van der Waals surface area contributed by atoms with Crippen molar-refractivity contribution in [3.05, 3.63) is 25.3 Å². The van der Waals surface area contributed by atoms with E-state index in [1.165, 1.54) is 0 Å². The van der Waals surface area contributed by atoms with Gasteiger partial charge in [-0.05, 0) is 12.8 Å². The summed E-state index contributed by atoms with van der Waals surface area (Å²) in [6.45, 7) is 6.87. The maximum Gasteiger partial charge on any atom is 0.330 e. The molecular weight excluding hydrogens is 164 g/mol. The minimum absolute atomic E-state index is 0.251. The molecule has 0 fully saturated rings. The lowest BCUT2D eigenvalue weighted by molar-refractivity contribution is -0.141. The van der Waals surface area contributed by atoms with Gasteiger partial charge in [-0.2, -0.15) is 0 Å². The van der Waals surface area contributed by atoms with Gasteiger partial charge in [-0.15, -0.1) is 12.3 Å². The van der Waals surface area contributed by atoms with E-state index >= 15 is 0 Å². The highest BCUT2D eigenvalue weighted by Crippen LogP contribution is 2.06. The summed E-state index contributed by atoms with van der Waals surface area (Å²) in [6, 6.07) is 0. The Labute approximate surface area is 79.3 Å². The van der Waals surface area contributed by atoms with Gasteiger partial charge in [0.25, 0.3) is 0 Å². The molecule has 0 aliphatic carbocycles. The maximum absolute atomic E-state index is 10.8. The standard InChI is InChI=1S/C11H14O2/c1-4-7-8-9-10(5-2)13-11(12)6-3/h1,5-6,10H,2-3,7-9H2/t10-/m1/s1. The number of ether oxygens (including phenoxy) is 1. The van der Waals surface area contributed by atoms with Crippen molar-refractivity contribution in [3.8, 4) is 12.3 Å². The van der Waals surface area contributed by atoms with E-state index in [1.54, 1.807) is 6.08 Å². The van der Waals surface area contributed by atoms with Crippen LogP contribution in [0.25, 0.3) is 0 Å². The molecule has 0 N–H and O–H groups in total. The highest BCUT2D eigenvalue weighted by molar-refractivity contribution is 5.81. The van der Waals surface area contributed by atoms with Gasteiger partial charge in [0.05, 0.1) is 0 Å². The summed E-state index contributed by atoms with van der Waals surface area (Å²) in [4.78, 5) is 10.8. The first-order chi connectivity index (χ1) is 6.24. The molecule has 1 atom stereocenters. The Kier molecular flexibility index (Phi) is 6.35. The molecule has 0 radical (unpaired) electrons. The maximum atomic E-state index is 10.8. The molecule has 2 heteroatoms. The Morgan fingerprint density at radius 1 is 1.62 bits per heavy atom. The van der Waals surface area contributed by atoms with Gasteiger partial charge in [0.15, 0.2) is 0 Å². The predicted octanol–water partition coefficient (Wildman–Crippen LogP) is 2.07. The minimum atomic E-state index is -0.425. The fourth-order valence-electron chi connectivity index (χ4n) is 0.828. The molecule has 13 heavy (non-hydrogen) atoms. The van der Waals surface area contributed by atoms with E-state index in [4.69, 9.17) is 11.2 Å². The molecule has 0 heterocycles. The van der Waals surface area contributed by atoms with Crippen molar-refractivity contribution >= 4 is 5.97 Å². The SMILES string of the molecule is C#CCCC[C@@H](C=C)OC(=O)C=C. The first kappa shape index (κ1) is 11.5. The number of carbonyl (C=O) groups excluding carboxylic acids is 1. The molecule has 0 aliphatic heterocycles. The van der Waals surface area contributed by atoms with Gasteiger partial charge in [-0.25, -0.2) is 4.79 Å². The molecule has 0 bridgehead atoms. The third-order valence-corrected chi connectivity index (χ3v) is 1.51. The number of esters is 1. The average molecular weight is 178 g/mol. The van der Waals surface area contributed by atoms with Gasteiger partial charge >= 0.3 is 5.97 Å². The van der Waals surface area contributed by atoms with Gasteiger partial charge in [0.2, 0.25) is 0 Å². The van der Waals surface area contributed by atoms with Crippen LogP contribution in [-0.2, 0) is 9.53 Å². The number of carbonyl (C=O) groups is 1. The summed E-state index contributed by atoms with van der Waals surface area (Å²) in [5.74, 6) is 2.09. The fraction of sp³-hybridized carbons (Fsp3) is 0.364. The summed E-state index contributed by atoms with van der Waals surface area (Å²) in [5, 5.41) is 0. The molecule has 0 saturated heterocycles. The zero-order chi connectivity index (χ0) is 10.1. The van der Waals surface area contributed by atoms with E-state index in [0.29, 0.717) is 12.8 Å². The topological polar surface area (TPSA) is 26.3 Å². The second kappa shape index (κ2) is 7.17. The molecule has 0 amide bonds. The molecule has 0 aromatic carbocycles. The van der Waals surface area contributed by atoms with E-state index in [0.717, 1.165) is 12.5 Å². The quantitative estimate of drug-likeness (QED) is 0.205. The summed E-state index contributed by atoms with van der Waals surface area (Å²) in [6.07, 6.45) is 9.80. The lowest BCUT2D eigenvalue weighted by Gasteiger charge is -2.11. The van der Waals surface area contributed by atoms with Crippen molar-refractivity contribution in [3.63, 3.8) is 0 Å². The van der Waals surface area contributed by atoms with E-state index in [1.807, 2.05) is 0 Å². The predicted molar refractivity (Wildman–Crippen MR) is 53.0 cm³/mol. The van der Waals surface area contributed by atoms with Crippen molar-refractivity contribution in [2.75, 3.05) is 0 Å². The van der Waals surface area contributed by atoms with Crippen LogP contribution in [0.3, 0.4) is 0 Å². The van der Waals surface area contributed by atoms with E-state index in [2.05, 4.69) is 19.1 Å². The molecular formula is C11H14O2. The Bertz CT molecular complexity index is 223. The summed E-state index contributed by atoms with van der Waals surface area (Å²) in [5.41, 5.74) is 0. The van der Waals surface area contributed by atoms with Crippen LogP contribution in [-0.4, -0.2) is 12.1 Å². The smallest absolute Gasteiger partial charge is 0.330 e. The minimum Gasteiger partial charge on any atom is -0.455 e. The van der Waals surface area contributed by atoms with Crippen molar-refractivity contribution in [2.45, 2.75) is 25.4 Å². The van der Waals surface area contributed by atoms with E-state index in [9.17, 15) is 4.79 Å². The van der Waals surface area contributed by atoms with Crippen LogP contribution in [0, 0.1) is 12.3 Å². The second-order valence-corrected chi connectivity index (χ2v) is 2.51. The van der Waals surface area contributed by atoms with E-state index < -0.39 is 5.97 Å². The Hall–Kier alpha value is -1.49.